The van der Waals surface area contributed by atoms with Crippen LogP contribution in [-0.4, -0.2) is 23.9 Å². The van der Waals surface area contributed by atoms with E-state index in [-0.39, 0.29) is 18.2 Å². The van der Waals surface area contributed by atoms with E-state index < -0.39 is 6.04 Å². The van der Waals surface area contributed by atoms with Crippen LogP contribution in [0.15, 0.2) is 60.8 Å². The number of anilines is 1. The van der Waals surface area contributed by atoms with Crippen LogP contribution >= 0.6 is 0 Å². The summed E-state index contributed by atoms with van der Waals surface area (Å²) in [5, 5.41) is 6.68. The predicted octanol–water partition coefficient (Wildman–Crippen LogP) is 3.45. The first-order chi connectivity index (χ1) is 13.1. The van der Waals surface area contributed by atoms with Crippen LogP contribution in [0.2, 0.25) is 0 Å². The van der Waals surface area contributed by atoms with E-state index in [0.717, 1.165) is 16.5 Å². The summed E-state index contributed by atoms with van der Waals surface area (Å²) >= 11 is 0. The lowest BCUT2D eigenvalue weighted by Gasteiger charge is -2.18. The third-order valence-corrected chi connectivity index (χ3v) is 4.19. The molecule has 1 aromatic heterocycles. The van der Waals surface area contributed by atoms with Crippen molar-refractivity contribution in [2.75, 3.05) is 12.4 Å². The van der Waals surface area contributed by atoms with Gasteiger partial charge in [0.25, 0.3) is 0 Å². The number of hydrogen-bond acceptors (Lipinski definition) is 4. The third-order valence-electron chi connectivity index (χ3n) is 4.19. The first-order valence-corrected chi connectivity index (χ1v) is 8.61. The number of aromatic nitrogens is 1. The third kappa shape index (κ3) is 4.61. The number of benzene rings is 2. The molecule has 138 valence electrons. The molecule has 0 unspecified atom stereocenters. The van der Waals surface area contributed by atoms with E-state index in [0.29, 0.717) is 11.4 Å². The van der Waals surface area contributed by atoms with Crippen LogP contribution in [0.1, 0.15) is 24.9 Å². The van der Waals surface area contributed by atoms with Crippen LogP contribution in [-0.2, 0) is 9.59 Å². The molecule has 0 saturated carbocycles. The summed E-state index contributed by atoms with van der Waals surface area (Å²) in [6, 6.07) is 16.3. The largest absolute Gasteiger partial charge is 0.497 e. The molecule has 2 aromatic carbocycles. The van der Waals surface area contributed by atoms with Crippen molar-refractivity contribution in [3.63, 3.8) is 0 Å². The number of nitrogens with zero attached hydrogens (tertiary/aromatic N) is 1. The standard InChI is InChI=1S/C21H21N3O3/c1-14(25)23-19(15-8-10-17(27-2)11-9-15)13-20(26)24-18-7-3-5-16-6-4-12-22-21(16)18/h3-12,19H,13H2,1-2H3,(H,23,25)(H,24,26)/t19-/m1/s1. The molecule has 3 rings (SSSR count). The smallest absolute Gasteiger partial charge is 0.226 e. The molecule has 0 fully saturated rings. The molecular weight excluding hydrogens is 342 g/mol. The van der Waals surface area contributed by atoms with Crippen LogP contribution in [0.5, 0.6) is 5.75 Å². The fraction of sp³-hybridized carbons (Fsp3) is 0.190. The summed E-state index contributed by atoms with van der Waals surface area (Å²) in [4.78, 5) is 28.6. The molecule has 0 saturated heterocycles. The molecule has 0 spiro atoms. The van der Waals surface area contributed by atoms with Gasteiger partial charge in [-0.15, -0.1) is 0 Å². The fourth-order valence-corrected chi connectivity index (χ4v) is 2.93. The molecule has 0 aliphatic carbocycles. The normalized spacial score (nSPS) is 11.6. The maximum atomic E-state index is 12.6. The molecule has 6 nitrogen and oxygen atoms in total. The second-order valence-electron chi connectivity index (χ2n) is 6.16. The van der Waals surface area contributed by atoms with Gasteiger partial charge in [0.2, 0.25) is 11.8 Å². The van der Waals surface area contributed by atoms with Crippen molar-refractivity contribution in [3.8, 4) is 5.75 Å². The Bertz CT molecular complexity index is 949. The molecule has 2 amide bonds. The minimum atomic E-state index is -0.434. The first-order valence-electron chi connectivity index (χ1n) is 8.61. The van der Waals surface area contributed by atoms with Crippen molar-refractivity contribution in [2.24, 2.45) is 0 Å². The van der Waals surface area contributed by atoms with Crippen LogP contribution < -0.4 is 15.4 Å². The van der Waals surface area contributed by atoms with Gasteiger partial charge in [-0.05, 0) is 29.8 Å². The zero-order valence-corrected chi connectivity index (χ0v) is 15.2. The van der Waals surface area contributed by atoms with E-state index in [2.05, 4.69) is 15.6 Å². The minimum Gasteiger partial charge on any atom is -0.497 e. The van der Waals surface area contributed by atoms with Gasteiger partial charge in [0.1, 0.15) is 5.75 Å². The molecule has 0 radical (unpaired) electrons. The molecular formula is C21H21N3O3. The summed E-state index contributed by atoms with van der Waals surface area (Å²) in [6.07, 6.45) is 1.80. The van der Waals surface area contributed by atoms with E-state index in [1.807, 2.05) is 42.5 Å². The number of methoxy groups -OCH3 is 1. The van der Waals surface area contributed by atoms with Gasteiger partial charge in [0, 0.05) is 18.5 Å². The van der Waals surface area contributed by atoms with E-state index in [1.54, 1.807) is 25.4 Å². The highest BCUT2D eigenvalue weighted by atomic mass is 16.5. The first kappa shape index (κ1) is 18.4. The average molecular weight is 363 g/mol. The molecule has 0 aliphatic rings. The molecule has 0 aliphatic heterocycles. The lowest BCUT2D eigenvalue weighted by Crippen LogP contribution is -2.29. The molecule has 2 N–H and O–H groups in total. The number of rotatable bonds is 6. The van der Waals surface area contributed by atoms with Gasteiger partial charge in [-0.3, -0.25) is 14.6 Å². The highest BCUT2D eigenvalue weighted by Crippen LogP contribution is 2.24. The Balaban J connectivity index is 1.78. The number of fused-ring (bicyclic) bond motifs is 1. The number of hydrogen-bond donors (Lipinski definition) is 2. The Morgan fingerprint density at radius 3 is 2.52 bits per heavy atom. The zero-order chi connectivity index (χ0) is 19.2. The van der Waals surface area contributed by atoms with Crippen molar-refractivity contribution in [3.05, 3.63) is 66.4 Å². The maximum Gasteiger partial charge on any atom is 0.226 e. The van der Waals surface area contributed by atoms with E-state index in [4.69, 9.17) is 4.74 Å². The number of pyridine rings is 1. The lowest BCUT2D eigenvalue weighted by molar-refractivity contribution is -0.120. The Hall–Kier alpha value is -3.41. The van der Waals surface area contributed by atoms with Gasteiger partial charge in [-0.25, -0.2) is 0 Å². The van der Waals surface area contributed by atoms with Crippen molar-refractivity contribution in [2.45, 2.75) is 19.4 Å². The number of carbonyl (C=O) groups is 2. The molecule has 0 bridgehead atoms. The van der Waals surface area contributed by atoms with Crippen molar-refractivity contribution < 1.29 is 14.3 Å². The number of carbonyl (C=O) groups excluding carboxylic acids is 2. The Morgan fingerprint density at radius 2 is 1.81 bits per heavy atom. The predicted molar refractivity (Wildman–Crippen MR) is 105 cm³/mol. The van der Waals surface area contributed by atoms with Crippen LogP contribution in [0.25, 0.3) is 10.9 Å². The van der Waals surface area contributed by atoms with E-state index >= 15 is 0 Å². The lowest BCUT2D eigenvalue weighted by atomic mass is 10.0. The monoisotopic (exact) mass is 363 g/mol. The van der Waals surface area contributed by atoms with E-state index in [1.165, 1.54) is 6.92 Å². The summed E-state index contributed by atoms with van der Waals surface area (Å²) in [5.74, 6) is 0.310. The topological polar surface area (TPSA) is 80.3 Å². The Kier molecular flexibility index (Phi) is 5.66. The van der Waals surface area contributed by atoms with Gasteiger partial charge >= 0.3 is 0 Å². The van der Waals surface area contributed by atoms with Gasteiger partial charge in [0.15, 0.2) is 0 Å². The summed E-state index contributed by atoms with van der Waals surface area (Å²) in [5.41, 5.74) is 2.21. The van der Waals surface area contributed by atoms with Crippen LogP contribution in [0.4, 0.5) is 5.69 Å². The SMILES string of the molecule is COc1ccc([C@@H](CC(=O)Nc2cccc3cccnc23)NC(C)=O)cc1. The Labute approximate surface area is 157 Å². The number of nitrogens with one attached hydrogen (secondary N) is 2. The maximum absolute atomic E-state index is 12.6. The van der Waals surface area contributed by atoms with Crippen molar-refractivity contribution in [1.82, 2.24) is 10.3 Å². The Morgan fingerprint density at radius 1 is 1.07 bits per heavy atom. The average Bonchev–Trinajstić information content (AvgIpc) is 2.67. The zero-order valence-electron chi connectivity index (χ0n) is 15.2. The van der Waals surface area contributed by atoms with Gasteiger partial charge in [-0.1, -0.05) is 30.3 Å². The van der Waals surface area contributed by atoms with Gasteiger partial charge in [-0.2, -0.15) is 0 Å². The molecule has 1 heterocycles. The van der Waals surface area contributed by atoms with Crippen molar-refractivity contribution in [1.29, 1.82) is 0 Å². The molecule has 1 atom stereocenters. The molecule has 6 heteroatoms. The highest BCUT2D eigenvalue weighted by Gasteiger charge is 2.18. The summed E-state index contributed by atoms with van der Waals surface area (Å²) in [7, 11) is 1.59. The number of amides is 2. The second-order valence-corrected chi connectivity index (χ2v) is 6.16. The van der Waals surface area contributed by atoms with Gasteiger partial charge in [0.05, 0.1) is 30.8 Å². The highest BCUT2D eigenvalue weighted by molar-refractivity contribution is 6.00. The minimum absolute atomic E-state index is 0.106. The van der Waals surface area contributed by atoms with Crippen molar-refractivity contribution >= 4 is 28.4 Å². The summed E-state index contributed by atoms with van der Waals surface area (Å²) < 4.78 is 5.16. The number of para-hydroxylation sites is 1. The van der Waals surface area contributed by atoms with E-state index in [9.17, 15) is 9.59 Å². The second kappa shape index (κ2) is 8.31. The summed E-state index contributed by atoms with van der Waals surface area (Å²) in [6.45, 7) is 1.43. The molecule has 3 aromatic rings. The van der Waals surface area contributed by atoms with Gasteiger partial charge < -0.3 is 15.4 Å². The molecule has 27 heavy (non-hydrogen) atoms. The number of ether oxygens (including phenoxy) is 1. The quantitative estimate of drug-likeness (QED) is 0.703. The van der Waals surface area contributed by atoms with Crippen LogP contribution in [0, 0.1) is 0 Å². The fourth-order valence-electron chi connectivity index (χ4n) is 2.93. The van der Waals surface area contributed by atoms with Crippen LogP contribution in [0.3, 0.4) is 0 Å².